The summed E-state index contributed by atoms with van der Waals surface area (Å²) in [4.78, 5) is 42.8. The number of sulfone groups is 1. The van der Waals surface area contributed by atoms with Crippen LogP contribution >= 0.6 is 15.9 Å². The predicted octanol–water partition coefficient (Wildman–Crippen LogP) is 5.92. The van der Waals surface area contributed by atoms with Crippen LogP contribution in [-0.2, 0) is 16.4 Å². The molecule has 1 N–H and O–H groups in total. The molecule has 4 aromatic carbocycles. The Kier molecular flexibility index (Phi) is 9.04. The van der Waals surface area contributed by atoms with Crippen molar-refractivity contribution < 1.29 is 18.0 Å². The maximum atomic E-state index is 14.0. The molecule has 5 aromatic rings. The molecule has 1 unspecified atom stereocenters. The normalized spacial score (nSPS) is 15.2. The molecule has 1 aliphatic rings. The zero-order chi connectivity index (χ0) is 32.4. The monoisotopic (exact) mass is 697 g/mol. The fourth-order valence-electron chi connectivity index (χ4n) is 5.98. The Bertz CT molecular complexity index is 2100. The number of hydrogen-bond donors (Lipinski definition) is 1. The van der Waals surface area contributed by atoms with E-state index in [0.29, 0.717) is 39.7 Å². The van der Waals surface area contributed by atoms with E-state index in [1.165, 1.54) is 21.6 Å². The van der Waals surface area contributed by atoms with Gasteiger partial charge in [-0.3, -0.25) is 19.0 Å². The van der Waals surface area contributed by atoms with E-state index in [4.69, 9.17) is 0 Å². The van der Waals surface area contributed by atoms with Gasteiger partial charge >= 0.3 is 0 Å². The van der Waals surface area contributed by atoms with Crippen LogP contribution in [0.15, 0.2) is 117 Å². The van der Waals surface area contributed by atoms with Crippen LogP contribution in [0.5, 0.6) is 0 Å². The molecule has 46 heavy (non-hydrogen) atoms. The van der Waals surface area contributed by atoms with E-state index >= 15 is 0 Å². The smallest absolute Gasteiger partial charge is 0.259 e. The average molecular weight is 699 g/mol. The first-order valence-electron chi connectivity index (χ1n) is 15.0. The molecule has 8 nitrogen and oxygen atoms in total. The third kappa shape index (κ3) is 5.95. The van der Waals surface area contributed by atoms with Crippen molar-refractivity contribution in [3.8, 4) is 11.1 Å². The molecule has 10 heteroatoms. The minimum Gasteiger partial charge on any atom is -0.319 e. The Morgan fingerprint density at radius 1 is 0.891 bits per heavy atom. The van der Waals surface area contributed by atoms with Gasteiger partial charge < -0.3 is 10.2 Å². The van der Waals surface area contributed by atoms with Gasteiger partial charge in [0.2, 0.25) is 9.84 Å². The summed E-state index contributed by atoms with van der Waals surface area (Å²) in [7, 11) is -3.81. The Hall–Kier alpha value is -4.38. The molecule has 0 bridgehead atoms. The zero-order valence-corrected chi connectivity index (χ0v) is 27.6. The highest BCUT2D eigenvalue weighted by atomic mass is 79.9. The van der Waals surface area contributed by atoms with E-state index < -0.39 is 15.2 Å². The maximum Gasteiger partial charge on any atom is 0.259 e. The van der Waals surface area contributed by atoms with Crippen molar-refractivity contribution in [3.63, 3.8) is 0 Å². The summed E-state index contributed by atoms with van der Waals surface area (Å²) in [6.07, 6.45) is 0.212. The van der Waals surface area contributed by atoms with Crippen LogP contribution in [0.2, 0.25) is 0 Å². The summed E-state index contributed by atoms with van der Waals surface area (Å²) in [5.41, 5.74) is 2.62. The standard InChI is InChI=1S/C36H32BrN3O5S/c1-2-31(41)34-33(25-9-5-3-6-10-25)30-21-27(37)17-18-29(30)36(43)40(34)23-24-13-15-26(16-14-24)35(42)39-20-19-38-22-32(39)46(44,45)28-11-7-4-8-12-28/h3-18,21,32,38H,2,19-20,22-23H2,1H3. The number of ketones is 1. The van der Waals surface area contributed by atoms with Gasteiger partial charge in [0.05, 0.1) is 17.1 Å². The first-order chi connectivity index (χ1) is 22.2. The van der Waals surface area contributed by atoms with E-state index in [2.05, 4.69) is 21.2 Å². The second-order valence-electron chi connectivity index (χ2n) is 11.2. The van der Waals surface area contributed by atoms with Crippen LogP contribution in [0.1, 0.15) is 39.8 Å². The zero-order valence-electron chi connectivity index (χ0n) is 25.1. The molecule has 0 spiro atoms. The average Bonchev–Trinajstić information content (AvgIpc) is 3.09. The molecular weight excluding hydrogens is 666 g/mol. The number of fused-ring (bicyclic) bond motifs is 1. The minimum atomic E-state index is -3.81. The number of nitrogens with one attached hydrogen (secondary N) is 1. The topological polar surface area (TPSA) is 106 Å². The Balaban J connectivity index is 1.38. The van der Waals surface area contributed by atoms with Crippen molar-refractivity contribution in [3.05, 3.63) is 135 Å². The first-order valence-corrected chi connectivity index (χ1v) is 17.4. The van der Waals surface area contributed by atoms with Crippen molar-refractivity contribution in [1.29, 1.82) is 0 Å². The summed E-state index contributed by atoms with van der Waals surface area (Å²) in [5.74, 6) is -0.548. The van der Waals surface area contributed by atoms with Gasteiger partial charge in [-0.15, -0.1) is 0 Å². The van der Waals surface area contributed by atoms with Gasteiger partial charge in [-0.2, -0.15) is 0 Å². The van der Waals surface area contributed by atoms with E-state index in [1.54, 1.807) is 55.5 Å². The van der Waals surface area contributed by atoms with Crippen molar-refractivity contribution in [2.45, 2.75) is 30.2 Å². The van der Waals surface area contributed by atoms with Crippen molar-refractivity contribution in [1.82, 2.24) is 14.8 Å². The Labute approximate surface area is 275 Å². The molecule has 0 saturated carbocycles. The first kappa shape index (κ1) is 31.6. The van der Waals surface area contributed by atoms with Gasteiger partial charge in [0.25, 0.3) is 11.5 Å². The largest absolute Gasteiger partial charge is 0.319 e. The van der Waals surface area contributed by atoms with Crippen molar-refractivity contribution in [2.75, 3.05) is 19.6 Å². The maximum absolute atomic E-state index is 14.0. The van der Waals surface area contributed by atoms with Gasteiger partial charge in [0.1, 0.15) is 0 Å². The summed E-state index contributed by atoms with van der Waals surface area (Å²) >= 11 is 3.53. The van der Waals surface area contributed by atoms with E-state index in [1.807, 2.05) is 42.5 Å². The summed E-state index contributed by atoms with van der Waals surface area (Å²) in [5, 5.41) is 3.24. The number of rotatable bonds is 8. The number of carbonyl (C=O) groups excluding carboxylic acids is 2. The number of halogens is 1. The quantitative estimate of drug-likeness (QED) is 0.202. The van der Waals surface area contributed by atoms with Crippen LogP contribution in [-0.4, -0.2) is 54.6 Å². The number of benzene rings is 4. The van der Waals surface area contributed by atoms with Crippen LogP contribution in [0.4, 0.5) is 0 Å². The van der Waals surface area contributed by atoms with Crippen LogP contribution in [0, 0.1) is 0 Å². The SMILES string of the molecule is CCC(=O)c1c(-c2ccccc2)c2cc(Br)ccc2c(=O)n1Cc1ccc(C(=O)N2CCNCC2S(=O)(=O)c2ccccc2)cc1. The number of aromatic nitrogens is 1. The lowest BCUT2D eigenvalue weighted by Crippen LogP contribution is -2.56. The number of piperazine rings is 1. The number of amides is 1. The van der Waals surface area contributed by atoms with E-state index in [0.717, 1.165) is 10.0 Å². The molecule has 1 aromatic heterocycles. The molecule has 2 heterocycles. The fraction of sp³-hybridized carbons (Fsp3) is 0.194. The third-order valence-electron chi connectivity index (χ3n) is 8.31. The fourth-order valence-corrected chi connectivity index (χ4v) is 8.07. The Morgan fingerprint density at radius 3 is 2.24 bits per heavy atom. The third-order valence-corrected chi connectivity index (χ3v) is 10.9. The number of carbonyl (C=O) groups is 2. The van der Waals surface area contributed by atoms with Gasteiger partial charge in [0.15, 0.2) is 11.2 Å². The molecule has 234 valence electrons. The highest BCUT2D eigenvalue weighted by Crippen LogP contribution is 2.33. The highest BCUT2D eigenvalue weighted by molar-refractivity contribution is 9.10. The van der Waals surface area contributed by atoms with Gasteiger partial charge in [-0.1, -0.05) is 83.5 Å². The molecule has 1 atom stereocenters. The lowest BCUT2D eigenvalue weighted by atomic mass is 9.94. The Morgan fingerprint density at radius 2 is 1.57 bits per heavy atom. The number of hydrogen-bond acceptors (Lipinski definition) is 6. The van der Waals surface area contributed by atoms with Gasteiger partial charge in [-0.25, -0.2) is 8.42 Å². The number of pyridine rings is 1. The van der Waals surface area contributed by atoms with Gasteiger partial charge in [-0.05, 0) is 59.0 Å². The molecule has 1 aliphatic heterocycles. The molecule has 1 fully saturated rings. The molecule has 1 saturated heterocycles. The molecular formula is C36H32BrN3O5S. The highest BCUT2D eigenvalue weighted by Gasteiger charge is 2.37. The second-order valence-corrected chi connectivity index (χ2v) is 14.2. The van der Waals surface area contributed by atoms with Crippen LogP contribution in [0.3, 0.4) is 0 Å². The summed E-state index contributed by atoms with van der Waals surface area (Å²) < 4.78 is 29.3. The number of Topliss-reactive ketones (excluding diaryl/α,β-unsaturated/α-hetero) is 1. The van der Waals surface area contributed by atoms with Crippen molar-refractivity contribution in [2.24, 2.45) is 0 Å². The number of nitrogens with zero attached hydrogens (tertiary/aromatic N) is 2. The summed E-state index contributed by atoms with van der Waals surface area (Å²) in [6, 6.07) is 29.9. The molecule has 1 amide bonds. The summed E-state index contributed by atoms with van der Waals surface area (Å²) in [6.45, 7) is 2.73. The molecule has 0 aliphatic carbocycles. The van der Waals surface area contributed by atoms with Crippen LogP contribution in [0.25, 0.3) is 21.9 Å². The lowest BCUT2D eigenvalue weighted by molar-refractivity contribution is 0.0704. The van der Waals surface area contributed by atoms with Crippen molar-refractivity contribution >= 4 is 48.2 Å². The van der Waals surface area contributed by atoms with Gasteiger partial charge in [0, 0.05) is 47.0 Å². The minimum absolute atomic E-state index is 0.110. The molecule has 6 rings (SSSR count). The molecule has 0 radical (unpaired) electrons. The van der Waals surface area contributed by atoms with E-state index in [9.17, 15) is 22.8 Å². The van der Waals surface area contributed by atoms with Crippen LogP contribution < -0.4 is 10.9 Å². The lowest BCUT2D eigenvalue weighted by Gasteiger charge is -2.35. The predicted molar refractivity (Wildman–Crippen MR) is 183 cm³/mol. The second kappa shape index (κ2) is 13.2. The van der Waals surface area contributed by atoms with E-state index in [-0.39, 0.29) is 48.2 Å².